The summed E-state index contributed by atoms with van der Waals surface area (Å²) in [7, 11) is 0. The number of H-pyrrole nitrogens is 1. The molecule has 1 aromatic carbocycles. The molecule has 1 nitrogen and oxygen atoms in total. The maximum Gasteiger partial charge on any atom is 0.525 e. The molecule has 0 aliphatic rings. The van der Waals surface area contributed by atoms with Crippen LogP contribution in [0, 0.1) is 5.82 Å². The van der Waals surface area contributed by atoms with Crippen molar-refractivity contribution in [3.05, 3.63) is 30.1 Å². The van der Waals surface area contributed by atoms with Crippen molar-refractivity contribution >= 4 is 23.5 Å². The molecule has 74 valence electrons. The lowest BCUT2D eigenvalue weighted by Crippen LogP contribution is -2.34. The zero-order chi connectivity index (χ0) is 10.3. The van der Waals surface area contributed by atoms with Gasteiger partial charge in [-0.25, -0.2) is 4.39 Å². The fraction of sp³-hybridized carbons (Fsp3) is 0. The number of rotatable bonds is 1. The normalized spacial score (nSPS) is 12.3. The number of benzene rings is 1. The molecule has 1 aromatic heterocycles. The van der Waals surface area contributed by atoms with Gasteiger partial charge in [-0.2, -0.15) is 0 Å². The molecule has 0 saturated heterocycles. The van der Waals surface area contributed by atoms with Crippen molar-refractivity contribution in [3.8, 4) is 0 Å². The molecule has 2 rings (SSSR count). The summed E-state index contributed by atoms with van der Waals surface area (Å²) in [6.45, 7) is -5.05. The average Bonchev–Trinajstić information content (AvgIpc) is 2.45. The number of aromatic nitrogens is 1. The van der Waals surface area contributed by atoms with Gasteiger partial charge >= 0.3 is 6.98 Å². The van der Waals surface area contributed by atoms with E-state index in [2.05, 4.69) is 4.98 Å². The SMILES string of the molecule is Fc1ccc2[nH]c([B-](F)(F)F)cc2c1. The van der Waals surface area contributed by atoms with Gasteiger partial charge in [0.1, 0.15) is 5.82 Å². The molecule has 6 heteroatoms. The molecule has 0 aliphatic heterocycles. The Labute approximate surface area is 76.8 Å². The summed E-state index contributed by atoms with van der Waals surface area (Å²) in [6, 6.07) is 4.39. The van der Waals surface area contributed by atoms with Crippen molar-refractivity contribution in [1.29, 1.82) is 0 Å². The first-order chi connectivity index (χ1) is 6.47. The van der Waals surface area contributed by atoms with Crippen molar-refractivity contribution in [2.24, 2.45) is 0 Å². The molecule has 1 heterocycles. The van der Waals surface area contributed by atoms with Gasteiger partial charge in [-0.15, -0.1) is 0 Å². The third kappa shape index (κ3) is 1.47. The largest absolute Gasteiger partial charge is 0.525 e. The Kier molecular flexibility index (Phi) is 1.80. The van der Waals surface area contributed by atoms with Gasteiger partial charge in [-0.1, -0.05) is 6.07 Å². The summed E-state index contributed by atoms with van der Waals surface area (Å²) < 4.78 is 49.4. The minimum absolute atomic E-state index is 0.235. The molecule has 1 N–H and O–H groups in total. The van der Waals surface area contributed by atoms with Crippen LogP contribution in [-0.2, 0) is 0 Å². The Bertz CT molecular complexity index is 474. The number of nitrogens with one attached hydrogen (secondary N) is 1. The van der Waals surface area contributed by atoms with E-state index in [0.29, 0.717) is 5.52 Å². The number of hydrogen-bond donors (Lipinski definition) is 1. The first kappa shape index (κ1) is 9.11. The van der Waals surface area contributed by atoms with E-state index in [1.807, 2.05) is 0 Å². The third-order valence-corrected chi connectivity index (χ3v) is 1.96. The maximum absolute atomic E-state index is 12.7. The standard InChI is InChI=1S/C8H5BF4N/c10-6-1-2-7-5(3-6)4-8(14-7)9(11,12)13/h1-4,14H/q-1. The summed E-state index contributed by atoms with van der Waals surface area (Å²) >= 11 is 0. The van der Waals surface area contributed by atoms with Gasteiger partial charge < -0.3 is 17.9 Å². The predicted octanol–water partition coefficient (Wildman–Crippen LogP) is 2.36. The fourth-order valence-electron chi connectivity index (χ4n) is 1.30. The van der Waals surface area contributed by atoms with Gasteiger partial charge in [0.05, 0.1) is 0 Å². The van der Waals surface area contributed by atoms with Crippen LogP contribution in [0.4, 0.5) is 17.3 Å². The number of halogens is 4. The van der Waals surface area contributed by atoms with E-state index in [1.165, 1.54) is 6.07 Å². The third-order valence-electron chi connectivity index (χ3n) is 1.96. The van der Waals surface area contributed by atoms with E-state index < -0.39 is 18.4 Å². The van der Waals surface area contributed by atoms with Crippen LogP contribution in [0.25, 0.3) is 10.9 Å². The average molecular weight is 202 g/mol. The molecule has 0 spiro atoms. The lowest BCUT2D eigenvalue weighted by atomic mass is 9.86. The highest BCUT2D eigenvalue weighted by Gasteiger charge is 2.27. The molecule has 0 unspecified atom stereocenters. The van der Waals surface area contributed by atoms with Crippen molar-refractivity contribution < 1.29 is 17.3 Å². The van der Waals surface area contributed by atoms with Gasteiger partial charge in [0.15, 0.2) is 0 Å². The summed E-state index contributed by atoms with van der Waals surface area (Å²) in [6.07, 6.45) is 0. The van der Waals surface area contributed by atoms with Crippen LogP contribution in [0.1, 0.15) is 0 Å². The van der Waals surface area contributed by atoms with Crippen LogP contribution in [0.2, 0.25) is 0 Å². The van der Waals surface area contributed by atoms with E-state index in [-0.39, 0.29) is 5.39 Å². The van der Waals surface area contributed by atoms with Crippen LogP contribution < -0.4 is 5.59 Å². The van der Waals surface area contributed by atoms with Gasteiger partial charge in [0.2, 0.25) is 0 Å². The molecular formula is C8H5BF4N-. The molecule has 0 bridgehead atoms. The number of fused-ring (bicyclic) bond motifs is 1. The molecule has 0 aliphatic carbocycles. The topological polar surface area (TPSA) is 15.8 Å². The van der Waals surface area contributed by atoms with Crippen LogP contribution in [0.3, 0.4) is 0 Å². The highest BCUT2D eigenvalue weighted by molar-refractivity contribution is 6.73. The van der Waals surface area contributed by atoms with Crippen molar-refractivity contribution in [3.63, 3.8) is 0 Å². The quantitative estimate of drug-likeness (QED) is 0.539. The smallest absolute Gasteiger partial charge is 0.444 e. The fourth-order valence-corrected chi connectivity index (χ4v) is 1.30. The van der Waals surface area contributed by atoms with Crippen molar-refractivity contribution in [2.75, 3.05) is 0 Å². The Hall–Kier alpha value is -1.46. The first-order valence-electron chi connectivity index (χ1n) is 3.95. The Morgan fingerprint density at radius 2 is 1.79 bits per heavy atom. The molecule has 14 heavy (non-hydrogen) atoms. The minimum Gasteiger partial charge on any atom is -0.444 e. The molecule has 0 radical (unpaired) electrons. The van der Waals surface area contributed by atoms with E-state index in [9.17, 15) is 17.3 Å². The highest BCUT2D eigenvalue weighted by atomic mass is 19.4. The number of aromatic amines is 1. The Morgan fingerprint density at radius 1 is 1.07 bits per heavy atom. The molecule has 0 amide bonds. The zero-order valence-electron chi connectivity index (χ0n) is 6.90. The summed E-state index contributed by atoms with van der Waals surface area (Å²) in [4.78, 5) is 2.20. The molecule has 2 aromatic rings. The summed E-state index contributed by atoms with van der Waals surface area (Å²) in [5.41, 5.74) is -0.508. The Morgan fingerprint density at radius 3 is 2.43 bits per heavy atom. The van der Waals surface area contributed by atoms with Crippen LogP contribution in [0.15, 0.2) is 24.3 Å². The maximum atomic E-state index is 12.7. The predicted molar refractivity (Wildman–Crippen MR) is 47.0 cm³/mol. The lowest BCUT2D eigenvalue weighted by molar-refractivity contribution is 0.499. The minimum atomic E-state index is -5.05. The van der Waals surface area contributed by atoms with E-state index in [1.54, 1.807) is 0 Å². The van der Waals surface area contributed by atoms with E-state index in [4.69, 9.17) is 0 Å². The van der Waals surface area contributed by atoms with Crippen molar-refractivity contribution in [1.82, 2.24) is 4.98 Å². The zero-order valence-corrected chi connectivity index (χ0v) is 6.90. The number of hydrogen-bond acceptors (Lipinski definition) is 0. The van der Waals surface area contributed by atoms with Gasteiger partial charge in [0, 0.05) is 5.52 Å². The van der Waals surface area contributed by atoms with Crippen LogP contribution in [-0.4, -0.2) is 12.0 Å². The molecular weight excluding hydrogens is 197 g/mol. The van der Waals surface area contributed by atoms with Crippen LogP contribution in [0.5, 0.6) is 0 Å². The lowest BCUT2D eigenvalue weighted by Gasteiger charge is -2.10. The molecule has 0 saturated carbocycles. The Balaban J connectivity index is 2.63. The summed E-state index contributed by atoms with van der Waals surface area (Å²) in [5.74, 6) is -0.544. The second kappa shape index (κ2) is 2.77. The first-order valence-corrected chi connectivity index (χ1v) is 3.95. The molecule has 0 atom stereocenters. The van der Waals surface area contributed by atoms with Crippen molar-refractivity contribution in [2.45, 2.75) is 0 Å². The second-order valence-corrected chi connectivity index (χ2v) is 3.03. The van der Waals surface area contributed by atoms with E-state index >= 15 is 0 Å². The van der Waals surface area contributed by atoms with Gasteiger partial charge in [-0.05, 0) is 29.2 Å². The van der Waals surface area contributed by atoms with Gasteiger partial charge in [0.25, 0.3) is 0 Å². The highest BCUT2D eigenvalue weighted by Crippen LogP contribution is 2.16. The van der Waals surface area contributed by atoms with Gasteiger partial charge in [-0.3, -0.25) is 0 Å². The van der Waals surface area contributed by atoms with E-state index in [0.717, 1.165) is 18.2 Å². The van der Waals surface area contributed by atoms with Crippen LogP contribution >= 0.6 is 0 Å². The second-order valence-electron chi connectivity index (χ2n) is 3.03. The summed E-state index contributed by atoms with van der Waals surface area (Å²) in [5, 5.41) is 0.235. The molecule has 0 fully saturated rings. The monoisotopic (exact) mass is 202 g/mol.